The summed E-state index contributed by atoms with van der Waals surface area (Å²) in [6.45, 7) is 0.0633. The summed E-state index contributed by atoms with van der Waals surface area (Å²) in [7, 11) is 4.53. The number of carbonyl (C=O) groups excluding carboxylic acids is 1. The second-order valence-corrected chi connectivity index (χ2v) is 7.85. The van der Waals surface area contributed by atoms with Crippen molar-refractivity contribution in [2.45, 2.75) is 6.61 Å². The third-order valence-electron chi connectivity index (χ3n) is 4.61. The number of amides is 1. The maximum Gasteiger partial charge on any atom is 0.271 e. The fourth-order valence-electron chi connectivity index (χ4n) is 2.93. The SMILES string of the molecule is COc1ccc(C(=O)N/N=C/c2cc(I)c(OCc3ccccc3F)c(OC)c2)cc1OC. The highest BCUT2D eigenvalue weighted by Gasteiger charge is 2.13. The minimum Gasteiger partial charge on any atom is -0.493 e. The van der Waals surface area contributed by atoms with Gasteiger partial charge in [0.1, 0.15) is 12.4 Å². The van der Waals surface area contributed by atoms with Crippen molar-refractivity contribution in [3.8, 4) is 23.0 Å². The Morgan fingerprint density at radius 3 is 2.42 bits per heavy atom. The second kappa shape index (κ2) is 11.5. The van der Waals surface area contributed by atoms with Crippen molar-refractivity contribution in [2.24, 2.45) is 5.10 Å². The predicted molar refractivity (Wildman–Crippen MR) is 131 cm³/mol. The van der Waals surface area contributed by atoms with E-state index in [2.05, 4.69) is 33.1 Å². The molecule has 3 aromatic carbocycles. The quantitative estimate of drug-likeness (QED) is 0.230. The highest BCUT2D eigenvalue weighted by Crippen LogP contribution is 2.34. The number of nitrogens with one attached hydrogen (secondary N) is 1. The number of hydrazone groups is 1. The smallest absolute Gasteiger partial charge is 0.271 e. The summed E-state index contributed by atoms with van der Waals surface area (Å²) < 4.78 is 36.2. The molecule has 0 bridgehead atoms. The molecule has 0 atom stereocenters. The van der Waals surface area contributed by atoms with Crippen LogP contribution in [-0.2, 0) is 6.61 Å². The van der Waals surface area contributed by atoms with Crippen LogP contribution in [0.1, 0.15) is 21.5 Å². The molecule has 0 saturated heterocycles. The van der Waals surface area contributed by atoms with Crippen LogP contribution < -0.4 is 24.4 Å². The van der Waals surface area contributed by atoms with Crippen LogP contribution in [0.15, 0.2) is 59.7 Å². The number of ether oxygens (including phenoxy) is 4. The highest BCUT2D eigenvalue weighted by atomic mass is 127. The molecule has 0 aliphatic rings. The topological polar surface area (TPSA) is 78.4 Å². The molecule has 0 aliphatic heterocycles. The van der Waals surface area contributed by atoms with Crippen molar-refractivity contribution in [1.29, 1.82) is 0 Å². The molecular weight excluding hydrogens is 542 g/mol. The van der Waals surface area contributed by atoms with E-state index in [0.29, 0.717) is 39.7 Å². The number of halogens is 2. The van der Waals surface area contributed by atoms with Crippen LogP contribution in [0.2, 0.25) is 0 Å². The van der Waals surface area contributed by atoms with E-state index in [9.17, 15) is 9.18 Å². The highest BCUT2D eigenvalue weighted by molar-refractivity contribution is 14.1. The lowest BCUT2D eigenvalue weighted by molar-refractivity contribution is 0.0954. The molecule has 7 nitrogen and oxygen atoms in total. The first-order valence-corrected chi connectivity index (χ1v) is 10.8. The summed E-state index contributed by atoms with van der Waals surface area (Å²) >= 11 is 2.10. The van der Waals surface area contributed by atoms with Crippen LogP contribution in [0.25, 0.3) is 0 Å². The number of rotatable bonds is 9. The molecule has 3 aromatic rings. The van der Waals surface area contributed by atoms with Crippen LogP contribution >= 0.6 is 22.6 Å². The Bertz CT molecular complexity index is 1170. The van der Waals surface area contributed by atoms with Gasteiger partial charge in [0.2, 0.25) is 0 Å². The molecule has 9 heteroatoms. The zero-order valence-electron chi connectivity index (χ0n) is 18.2. The molecule has 0 aromatic heterocycles. The zero-order valence-corrected chi connectivity index (χ0v) is 20.4. The summed E-state index contributed by atoms with van der Waals surface area (Å²) in [5.41, 5.74) is 3.97. The number of nitrogens with zero attached hydrogens (tertiary/aromatic N) is 1. The average molecular weight is 564 g/mol. The fourth-order valence-corrected chi connectivity index (χ4v) is 3.71. The normalized spacial score (nSPS) is 10.7. The number of methoxy groups -OCH3 is 3. The third-order valence-corrected chi connectivity index (χ3v) is 5.41. The fraction of sp³-hybridized carbons (Fsp3) is 0.167. The Morgan fingerprint density at radius 1 is 1.00 bits per heavy atom. The second-order valence-electron chi connectivity index (χ2n) is 6.68. The molecule has 33 heavy (non-hydrogen) atoms. The molecule has 0 saturated carbocycles. The molecular formula is C24H22FIN2O5. The van der Waals surface area contributed by atoms with E-state index in [0.717, 1.165) is 3.57 Å². The third kappa shape index (κ3) is 6.13. The predicted octanol–water partition coefficient (Wildman–Crippen LogP) is 4.80. The van der Waals surface area contributed by atoms with Crippen molar-refractivity contribution < 1.29 is 28.1 Å². The molecule has 0 aliphatic carbocycles. The van der Waals surface area contributed by atoms with E-state index in [4.69, 9.17) is 18.9 Å². The molecule has 0 radical (unpaired) electrons. The van der Waals surface area contributed by atoms with Gasteiger partial charge in [-0.15, -0.1) is 0 Å². The zero-order chi connectivity index (χ0) is 23.8. The molecule has 1 amide bonds. The van der Waals surface area contributed by atoms with Gasteiger partial charge in [-0.05, 0) is 64.6 Å². The molecule has 172 valence electrons. The molecule has 0 spiro atoms. The lowest BCUT2D eigenvalue weighted by Gasteiger charge is -2.14. The molecule has 3 rings (SSSR count). The number of hydrogen-bond acceptors (Lipinski definition) is 6. The van der Waals surface area contributed by atoms with E-state index in [1.807, 2.05) is 6.07 Å². The van der Waals surface area contributed by atoms with Gasteiger partial charge in [0.05, 0.1) is 31.1 Å². The van der Waals surface area contributed by atoms with E-state index < -0.39 is 5.91 Å². The van der Waals surface area contributed by atoms with Gasteiger partial charge in [0, 0.05) is 11.1 Å². The van der Waals surface area contributed by atoms with Gasteiger partial charge >= 0.3 is 0 Å². The van der Waals surface area contributed by atoms with Gasteiger partial charge in [-0.3, -0.25) is 4.79 Å². The molecule has 0 unspecified atom stereocenters. The summed E-state index contributed by atoms with van der Waals surface area (Å²) in [4.78, 5) is 12.4. The van der Waals surface area contributed by atoms with Gasteiger partial charge in [-0.2, -0.15) is 5.10 Å². The van der Waals surface area contributed by atoms with Crippen LogP contribution in [0, 0.1) is 9.39 Å². The van der Waals surface area contributed by atoms with Gasteiger partial charge in [0.15, 0.2) is 23.0 Å². The van der Waals surface area contributed by atoms with Crippen molar-refractivity contribution in [2.75, 3.05) is 21.3 Å². The Morgan fingerprint density at radius 2 is 1.73 bits per heavy atom. The van der Waals surface area contributed by atoms with Gasteiger partial charge < -0.3 is 18.9 Å². The minimum absolute atomic E-state index is 0.0633. The minimum atomic E-state index is -0.404. The number of hydrogen-bond donors (Lipinski definition) is 1. The first-order valence-electron chi connectivity index (χ1n) is 9.76. The average Bonchev–Trinajstić information content (AvgIpc) is 2.83. The van der Waals surface area contributed by atoms with Crippen LogP contribution in [-0.4, -0.2) is 33.5 Å². The van der Waals surface area contributed by atoms with Crippen molar-refractivity contribution >= 4 is 34.7 Å². The maximum atomic E-state index is 13.9. The summed E-state index contributed by atoms with van der Waals surface area (Å²) in [5.74, 6) is 1.19. The van der Waals surface area contributed by atoms with E-state index >= 15 is 0 Å². The molecule has 0 heterocycles. The summed E-state index contributed by atoms with van der Waals surface area (Å²) in [6.07, 6.45) is 1.49. The lowest BCUT2D eigenvalue weighted by Crippen LogP contribution is -2.17. The Kier molecular flexibility index (Phi) is 8.47. The molecule has 0 fully saturated rings. The van der Waals surface area contributed by atoms with E-state index in [1.54, 1.807) is 42.5 Å². The summed E-state index contributed by atoms with van der Waals surface area (Å²) in [5, 5.41) is 4.02. The standard InChI is InChI=1S/C24H22FIN2O5/c1-30-20-9-8-16(12-21(20)31-2)24(29)28-27-13-15-10-19(26)23(22(11-15)32-3)33-14-17-6-4-5-7-18(17)25/h4-13H,14H2,1-3H3,(H,28,29)/b27-13+. The Labute approximate surface area is 204 Å². The largest absolute Gasteiger partial charge is 0.493 e. The number of benzene rings is 3. The van der Waals surface area contributed by atoms with Gasteiger partial charge in [-0.1, -0.05) is 18.2 Å². The van der Waals surface area contributed by atoms with Gasteiger partial charge in [-0.25, -0.2) is 9.82 Å². The first kappa shape index (κ1) is 24.3. The Balaban J connectivity index is 1.70. The summed E-state index contributed by atoms with van der Waals surface area (Å²) in [6, 6.07) is 14.8. The maximum absolute atomic E-state index is 13.9. The van der Waals surface area contributed by atoms with E-state index in [-0.39, 0.29) is 12.4 Å². The van der Waals surface area contributed by atoms with Crippen molar-refractivity contribution in [3.63, 3.8) is 0 Å². The van der Waals surface area contributed by atoms with Crippen LogP contribution in [0.5, 0.6) is 23.0 Å². The van der Waals surface area contributed by atoms with Crippen molar-refractivity contribution in [3.05, 3.63) is 80.7 Å². The van der Waals surface area contributed by atoms with E-state index in [1.165, 1.54) is 33.6 Å². The van der Waals surface area contributed by atoms with Crippen molar-refractivity contribution in [1.82, 2.24) is 5.43 Å². The lowest BCUT2D eigenvalue weighted by atomic mass is 10.2. The van der Waals surface area contributed by atoms with Crippen LogP contribution in [0.4, 0.5) is 4.39 Å². The van der Waals surface area contributed by atoms with Gasteiger partial charge in [0.25, 0.3) is 5.91 Å². The Hall–Kier alpha value is -3.34. The van der Waals surface area contributed by atoms with Crippen LogP contribution in [0.3, 0.4) is 0 Å². The number of carbonyl (C=O) groups is 1. The monoisotopic (exact) mass is 564 g/mol. The molecule has 1 N–H and O–H groups in total. The first-order chi connectivity index (χ1) is 16.0.